The third kappa shape index (κ3) is 4.16. The molecule has 2 heterocycles. The Balaban J connectivity index is 1.44. The van der Waals surface area contributed by atoms with E-state index in [1.165, 1.54) is 0 Å². The van der Waals surface area contributed by atoms with E-state index in [0.717, 1.165) is 51.2 Å². The number of nitrogens with zero attached hydrogens (tertiary/aromatic N) is 2. The van der Waals surface area contributed by atoms with E-state index in [1.54, 1.807) is 0 Å². The summed E-state index contributed by atoms with van der Waals surface area (Å²) in [5, 5.41) is 0. The fraction of sp³-hybridized carbons (Fsp3) is 0.611. The van der Waals surface area contributed by atoms with Crippen molar-refractivity contribution >= 4 is 6.09 Å². The summed E-state index contributed by atoms with van der Waals surface area (Å²) in [6.07, 6.45) is 3.24. The molecular formula is C18H26N2O3. The maximum absolute atomic E-state index is 11.8. The van der Waals surface area contributed by atoms with Crippen molar-refractivity contribution < 1.29 is 14.3 Å². The molecule has 0 saturated carbocycles. The molecule has 3 rings (SSSR count). The van der Waals surface area contributed by atoms with Gasteiger partial charge in [0.25, 0.3) is 0 Å². The summed E-state index contributed by atoms with van der Waals surface area (Å²) in [6, 6.07) is 10.6. The molecule has 1 atom stereocenters. The van der Waals surface area contributed by atoms with Gasteiger partial charge in [0.1, 0.15) is 11.9 Å². The second-order valence-electron chi connectivity index (χ2n) is 6.25. The zero-order valence-corrected chi connectivity index (χ0v) is 13.8. The highest BCUT2D eigenvalue weighted by atomic mass is 16.6. The van der Waals surface area contributed by atoms with Gasteiger partial charge in [-0.05, 0) is 38.3 Å². The summed E-state index contributed by atoms with van der Waals surface area (Å²) in [5.74, 6) is 0.955. The molecule has 5 nitrogen and oxygen atoms in total. The molecular weight excluding hydrogens is 292 g/mol. The zero-order chi connectivity index (χ0) is 16.1. The molecule has 0 aromatic heterocycles. The van der Waals surface area contributed by atoms with Crippen molar-refractivity contribution in [2.45, 2.75) is 38.3 Å². The number of para-hydroxylation sites is 1. The van der Waals surface area contributed by atoms with Crippen LogP contribution in [0.1, 0.15) is 26.2 Å². The molecule has 126 valence electrons. The van der Waals surface area contributed by atoms with Crippen LogP contribution in [0.2, 0.25) is 0 Å². The van der Waals surface area contributed by atoms with Gasteiger partial charge < -0.3 is 14.4 Å². The molecule has 23 heavy (non-hydrogen) atoms. The fourth-order valence-corrected chi connectivity index (χ4v) is 3.50. The van der Waals surface area contributed by atoms with Crippen LogP contribution in [0.3, 0.4) is 0 Å². The summed E-state index contributed by atoms with van der Waals surface area (Å²) < 4.78 is 11.1. The molecule has 5 heteroatoms. The smallest absolute Gasteiger partial charge is 0.409 e. The van der Waals surface area contributed by atoms with Crippen LogP contribution in [0.15, 0.2) is 30.3 Å². The van der Waals surface area contributed by atoms with E-state index in [0.29, 0.717) is 12.6 Å². The quantitative estimate of drug-likeness (QED) is 0.856. The molecule has 1 unspecified atom stereocenters. The van der Waals surface area contributed by atoms with E-state index in [2.05, 4.69) is 4.90 Å². The van der Waals surface area contributed by atoms with Gasteiger partial charge in [0.2, 0.25) is 0 Å². The Labute approximate surface area is 138 Å². The molecule has 0 N–H and O–H groups in total. The van der Waals surface area contributed by atoms with E-state index in [9.17, 15) is 4.79 Å². The first kappa shape index (κ1) is 16.1. The second-order valence-corrected chi connectivity index (χ2v) is 6.25. The van der Waals surface area contributed by atoms with Crippen molar-refractivity contribution in [2.75, 3.05) is 32.8 Å². The minimum Gasteiger partial charge on any atom is -0.489 e. The van der Waals surface area contributed by atoms with Crippen LogP contribution in [0.25, 0.3) is 0 Å². The molecule has 0 aliphatic carbocycles. The number of piperidine rings is 1. The molecule has 1 aromatic rings. The molecule has 2 saturated heterocycles. The number of ether oxygens (including phenoxy) is 2. The van der Waals surface area contributed by atoms with Crippen LogP contribution >= 0.6 is 0 Å². The summed E-state index contributed by atoms with van der Waals surface area (Å²) in [4.78, 5) is 16.1. The lowest BCUT2D eigenvalue weighted by Gasteiger charge is -2.36. The fourth-order valence-electron chi connectivity index (χ4n) is 3.50. The maximum Gasteiger partial charge on any atom is 0.409 e. The SMILES string of the molecule is CCOC(=O)N1CCC(N2CCC(Oc3ccccc3)C2)CC1. The number of likely N-dealkylation sites (tertiary alicyclic amines) is 2. The minimum absolute atomic E-state index is 0.169. The third-order valence-electron chi connectivity index (χ3n) is 4.73. The topological polar surface area (TPSA) is 42.0 Å². The van der Waals surface area contributed by atoms with Crippen LogP contribution in [0, 0.1) is 0 Å². The Morgan fingerprint density at radius 2 is 1.87 bits per heavy atom. The number of carbonyl (C=O) groups excluding carboxylic acids is 1. The molecule has 2 aliphatic rings. The molecule has 1 aromatic carbocycles. The zero-order valence-electron chi connectivity index (χ0n) is 13.8. The Morgan fingerprint density at radius 1 is 1.13 bits per heavy atom. The van der Waals surface area contributed by atoms with Gasteiger partial charge in [0.05, 0.1) is 6.61 Å². The van der Waals surface area contributed by atoms with Gasteiger partial charge in [-0.2, -0.15) is 0 Å². The number of rotatable bonds is 4. The van der Waals surface area contributed by atoms with Gasteiger partial charge >= 0.3 is 6.09 Å². The van der Waals surface area contributed by atoms with Gasteiger partial charge in [-0.15, -0.1) is 0 Å². The van der Waals surface area contributed by atoms with Gasteiger partial charge in [-0.1, -0.05) is 18.2 Å². The summed E-state index contributed by atoms with van der Waals surface area (Å²) >= 11 is 0. The number of carbonyl (C=O) groups is 1. The van der Waals surface area contributed by atoms with Crippen LogP contribution in [0.4, 0.5) is 4.79 Å². The van der Waals surface area contributed by atoms with Crippen LogP contribution in [-0.4, -0.2) is 60.8 Å². The number of hydrogen-bond acceptors (Lipinski definition) is 4. The van der Waals surface area contributed by atoms with Crippen molar-refractivity contribution in [3.63, 3.8) is 0 Å². The van der Waals surface area contributed by atoms with Gasteiger partial charge in [0, 0.05) is 32.2 Å². The second kappa shape index (κ2) is 7.68. The lowest BCUT2D eigenvalue weighted by molar-refractivity contribution is 0.0774. The van der Waals surface area contributed by atoms with Crippen LogP contribution < -0.4 is 4.74 Å². The van der Waals surface area contributed by atoms with Gasteiger partial charge in [-0.3, -0.25) is 4.90 Å². The molecule has 2 aliphatic heterocycles. The van der Waals surface area contributed by atoms with Crippen molar-refractivity contribution in [1.29, 1.82) is 0 Å². The molecule has 2 fully saturated rings. The van der Waals surface area contributed by atoms with Gasteiger partial charge in [0.15, 0.2) is 0 Å². The average molecular weight is 318 g/mol. The number of hydrogen-bond donors (Lipinski definition) is 0. The Kier molecular flexibility index (Phi) is 5.39. The van der Waals surface area contributed by atoms with Crippen molar-refractivity contribution in [3.05, 3.63) is 30.3 Å². The van der Waals surface area contributed by atoms with Crippen molar-refractivity contribution in [1.82, 2.24) is 9.80 Å². The molecule has 0 spiro atoms. The standard InChI is InChI=1S/C18H26N2O3/c1-2-22-18(21)19-11-8-15(9-12-19)20-13-10-17(14-20)23-16-6-4-3-5-7-16/h3-7,15,17H,2,8-14H2,1H3. The third-order valence-corrected chi connectivity index (χ3v) is 4.73. The van der Waals surface area contributed by atoms with E-state index in [1.807, 2.05) is 42.2 Å². The van der Waals surface area contributed by atoms with Crippen LogP contribution in [-0.2, 0) is 4.74 Å². The Morgan fingerprint density at radius 3 is 2.57 bits per heavy atom. The van der Waals surface area contributed by atoms with Gasteiger partial charge in [-0.25, -0.2) is 4.79 Å². The predicted octanol–water partition coefficient (Wildman–Crippen LogP) is 2.76. The highest BCUT2D eigenvalue weighted by Crippen LogP contribution is 2.24. The summed E-state index contributed by atoms with van der Waals surface area (Å²) in [5.41, 5.74) is 0. The highest BCUT2D eigenvalue weighted by molar-refractivity contribution is 5.67. The Bertz CT molecular complexity index is 500. The number of benzene rings is 1. The van der Waals surface area contributed by atoms with Crippen LogP contribution in [0.5, 0.6) is 5.75 Å². The van der Waals surface area contributed by atoms with E-state index >= 15 is 0 Å². The average Bonchev–Trinajstić information content (AvgIpc) is 3.05. The van der Waals surface area contributed by atoms with E-state index < -0.39 is 0 Å². The lowest BCUT2D eigenvalue weighted by atomic mass is 10.0. The summed E-state index contributed by atoms with van der Waals surface area (Å²) in [7, 11) is 0. The molecule has 0 radical (unpaired) electrons. The summed E-state index contributed by atoms with van der Waals surface area (Å²) in [6.45, 7) is 5.96. The predicted molar refractivity (Wildman–Crippen MR) is 88.7 cm³/mol. The van der Waals surface area contributed by atoms with E-state index in [4.69, 9.17) is 9.47 Å². The van der Waals surface area contributed by atoms with Crippen molar-refractivity contribution in [3.8, 4) is 5.75 Å². The van der Waals surface area contributed by atoms with Crippen molar-refractivity contribution in [2.24, 2.45) is 0 Å². The monoisotopic (exact) mass is 318 g/mol. The Hall–Kier alpha value is -1.75. The first-order chi connectivity index (χ1) is 11.3. The molecule has 0 bridgehead atoms. The first-order valence-electron chi connectivity index (χ1n) is 8.63. The highest BCUT2D eigenvalue weighted by Gasteiger charge is 2.32. The first-order valence-corrected chi connectivity index (χ1v) is 8.63. The normalized spacial score (nSPS) is 23.0. The largest absolute Gasteiger partial charge is 0.489 e. The molecule has 1 amide bonds. The lowest BCUT2D eigenvalue weighted by Crippen LogP contribution is -2.46. The number of amides is 1. The van der Waals surface area contributed by atoms with E-state index in [-0.39, 0.29) is 12.2 Å². The maximum atomic E-state index is 11.8. The minimum atomic E-state index is -0.169.